The Morgan fingerprint density at radius 2 is 2.05 bits per heavy atom. The Labute approximate surface area is 133 Å². The van der Waals surface area contributed by atoms with Crippen molar-refractivity contribution in [3.63, 3.8) is 0 Å². The molecule has 0 N–H and O–H groups in total. The summed E-state index contributed by atoms with van der Waals surface area (Å²) in [5.74, 6) is 0.861. The summed E-state index contributed by atoms with van der Waals surface area (Å²) in [5.41, 5.74) is 3.06. The zero-order chi connectivity index (χ0) is 13.9. The highest BCUT2D eigenvalue weighted by atomic mass is 79.9. The summed E-state index contributed by atoms with van der Waals surface area (Å²) in [6.45, 7) is 0.656. The van der Waals surface area contributed by atoms with E-state index in [4.69, 9.17) is 16.3 Å². The lowest BCUT2D eigenvalue weighted by atomic mass is 10.1. The van der Waals surface area contributed by atoms with Gasteiger partial charge in [-0.2, -0.15) is 0 Å². The first kappa shape index (κ1) is 13.8. The van der Waals surface area contributed by atoms with Gasteiger partial charge in [-0.1, -0.05) is 28.1 Å². The average Bonchev–Trinajstić information content (AvgIpc) is 2.88. The van der Waals surface area contributed by atoms with Gasteiger partial charge in [0.15, 0.2) is 0 Å². The van der Waals surface area contributed by atoms with Crippen molar-refractivity contribution in [2.75, 3.05) is 11.9 Å². The molecule has 102 valence electrons. The number of aromatic nitrogens is 2. The van der Waals surface area contributed by atoms with Gasteiger partial charge >= 0.3 is 0 Å². The molecule has 1 aromatic carbocycles. The minimum Gasteiger partial charge on any atom is -0.493 e. The monoisotopic (exact) mass is 368 g/mol. The Kier molecular flexibility index (Phi) is 4.19. The lowest BCUT2D eigenvalue weighted by molar-refractivity contribution is 0.345. The Hall–Kier alpha value is -1.17. The van der Waals surface area contributed by atoms with Crippen molar-refractivity contribution in [1.29, 1.82) is 0 Å². The molecule has 0 fully saturated rings. The van der Waals surface area contributed by atoms with Gasteiger partial charge in [0.05, 0.1) is 16.8 Å². The van der Waals surface area contributed by atoms with Gasteiger partial charge in [-0.3, -0.25) is 0 Å². The fourth-order valence-electron chi connectivity index (χ4n) is 1.90. The largest absolute Gasteiger partial charge is 0.493 e. The van der Waals surface area contributed by atoms with Crippen molar-refractivity contribution in [2.24, 2.45) is 0 Å². The normalized spacial score (nSPS) is 10.9. The predicted molar refractivity (Wildman–Crippen MR) is 87.2 cm³/mol. The van der Waals surface area contributed by atoms with Crippen LogP contribution in [0.4, 0.5) is 0 Å². The molecule has 0 aliphatic heterocycles. The van der Waals surface area contributed by atoms with Crippen LogP contribution in [0.3, 0.4) is 0 Å². The standard InChI is InChI=1S/C14H10BrClN2OS/c15-5-6-19-10-3-1-9(2-4-10)11-8-20-12-7-17-14(16)18-13(11)12/h1-4,7-8H,5-6H2. The van der Waals surface area contributed by atoms with Crippen LogP contribution < -0.4 is 4.74 Å². The van der Waals surface area contributed by atoms with Crippen LogP contribution in [-0.2, 0) is 0 Å². The number of rotatable bonds is 4. The zero-order valence-electron chi connectivity index (χ0n) is 10.3. The Morgan fingerprint density at radius 3 is 2.80 bits per heavy atom. The molecular weight excluding hydrogens is 360 g/mol. The highest BCUT2D eigenvalue weighted by Gasteiger charge is 2.09. The SMILES string of the molecule is Clc1ncc2scc(-c3ccc(OCCBr)cc3)c2n1. The first-order chi connectivity index (χ1) is 9.78. The minimum absolute atomic E-state index is 0.273. The molecule has 20 heavy (non-hydrogen) atoms. The Morgan fingerprint density at radius 1 is 1.25 bits per heavy atom. The molecule has 0 saturated carbocycles. The molecule has 0 spiro atoms. The fourth-order valence-corrected chi connectivity index (χ4v) is 3.07. The van der Waals surface area contributed by atoms with Crippen LogP contribution in [0.1, 0.15) is 0 Å². The maximum Gasteiger partial charge on any atom is 0.222 e. The van der Waals surface area contributed by atoms with Gasteiger partial charge in [-0.25, -0.2) is 9.97 Å². The molecule has 3 aromatic rings. The highest BCUT2D eigenvalue weighted by Crippen LogP contribution is 2.33. The van der Waals surface area contributed by atoms with Crippen molar-refractivity contribution < 1.29 is 4.74 Å². The van der Waals surface area contributed by atoms with E-state index in [0.29, 0.717) is 6.61 Å². The fraction of sp³-hybridized carbons (Fsp3) is 0.143. The average molecular weight is 370 g/mol. The van der Waals surface area contributed by atoms with E-state index >= 15 is 0 Å². The van der Waals surface area contributed by atoms with Gasteiger partial charge in [0.1, 0.15) is 5.75 Å². The number of alkyl halides is 1. The number of nitrogens with zero attached hydrogens (tertiary/aromatic N) is 2. The van der Waals surface area contributed by atoms with Crippen LogP contribution >= 0.6 is 38.9 Å². The number of hydrogen-bond acceptors (Lipinski definition) is 4. The lowest BCUT2D eigenvalue weighted by Gasteiger charge is -2.05. The molecule has 2 aromatic heterocycles. The lowest BCUT2D eigenvalue weighted by Crippen LogP contribution is -1.97. The number of hydrogen-bond donors (Lipinski definition) is 0. The molecule has 0 bridgehead atoms. The maximum atomic E-state index is 5.88. The first-order valence-corrected chi connectivity index (χ1v) is 8.35. The minimum atomic E-state index is 0.273. The van der Waals surface area contributed by atoms with Gasteiger partial charge in [-0.05, 0) is 29.3 Å². The van der Waals surface area contributed by atoms with E-state index in [-0.39, 0.29) is 5.28 Å². The van der Waals surface area contributed by atoms with Crippen molar-refractivity contribution in [2.45, 2.75) is 0 Å². The summed E-state index contributed by atoms with van der Waals surface area (Å²) in [6.07, 6.45) is 1.76. The van der Waals surface area contributed by atoms with E-state index in [2.05, 4.69) is 31.3 Å². The second kappa shape index (κ2) is 6.08. The molecule has 0 radical (unpaired) electrons. The molecule has 3 rings (SSSR count). The van der Waals surface area contributed by atoms with Crippen LogP contribution in [-0.4, -0.2) is 21.9 Å². The number of halogens is 2. The number of fused-ring (bicyclic) bond motifs is 1. The first-order valence-electron chi connectivity index (χ1n) is 5.97. The number of thiophene rings is 1. The molecule has 3 nitrogen and oxygen atoms in total. The zero-order valence-corrected chi connectivity index (χ0v) is 13.5. The second-order valence-electron chi connectivity index (χ2n) is 4.06. The van der Waals surface area contributed by atoms with E-state index in [0.717, 1.165) is 32.4 Å². The quantitative estimate of drug-likeness (QED) is 0.490. The summed E-state index contributed by atoms with van der Waals surface area (Å²) in [4.78, 5) is 8.31. The van der Waals surface area contributed by atoms with Crippen LogP contribution in [0.5, 0.6) is 5.75 Å². The molecule has 0 unspecified atom stereocenters. The predicted octanol–water partition coefficient (Wildman–Crippen LogP) is 4.79. The molecule has 2 heterocycles. The molecular formula is C14H10BrClN2OS. The summed E-state index contributed by atoms with van der Waals surface area (Å²) < 4.78 is 6.57. The van der Waals surface area contributed by atoms with Gasteiger partial charge in [0.25, 0.3) is 0 Å². The summed E-state index contributed by atoms with van der Waals surface area (Å²) in [6, 6.07) is 7.98. The third-order valence-corrected chi connectivity index (χ3v) is 4.21. The number of benzene rings is 1. The smallest absolute Gasteiger partial charge is 0.222 e. The van der Waals surface area contributed by atoms with Crippen molar-refractivity contribution in [3.8, 4) is 16.9 Å². The van der Waals surface area contributed by atoms with Gasteiger partial charge in [-0.15, -0.1) is 11.3 Å². The summed E-state index contributed by atoms with van der Waals surface area (Å²) in [7, 11) is 0. The van der Waals surface area contributed by atoms with E-state index < -0.39 is 0 Å². The van der Waals surface area contributed by atoms with Crippen LogP contribution in [0.25, 0.3) is 21.3 Å². The van der Waals surface area contributed by atoms with Crippen molar-refractivity contribution in [3.05, 3.63) is 41.1 Å². The molecule has 0 saturated heterocycles. The van der Waals surface area contributed by atoms with Gasteiger partial charge < -0.3 is 4.74 Å². The third-order valence-electron chi connectivity index (χ3n) is 2.80. The topological polar surface area (TPSA) is 35.0 Å². The van der Waals surface area contributed by atoms with Crippen LogP contribution in [0, 0.1) is 0 Å². The van der Waals surface area contributed by atoms with Crippen LogP contribution in [0.15, 0.2) is 35.8 Å². The van der Waals surface area contributed by atoms with E-state index in [9.17, 15) is 0 Å². The maximum absolute atomic E-state index is 5.88. The molecule has 0 aliphatic rings. The van der Waals surface area contributed by atoms with E-state index in [1.807, 2.05) is 24.3 Å². The summed E-state index contributed by atoms with van der Waals surface area (Å²) in [5, 5.41) is 3.16. The number of ether oxygens (including phenoxy) is 1. The van der Waals surface area contributed by atoms with Gasteiger partial charge in [0, 0.05) is 22.5 Å². The van der Waals surface area contributed by atoms with Crippen molar-refractivity contribution >= 4 is 49.1 Å². The molecule has 0 aliphatic carbocycles. The molecule has 6 heteroatoms. The molecule has 0 amide bonds. The summed E-state index contributed by atoms with van der Waals surface area (Å²) >= 11 is 10.8. The second-order valence-corrected chi connectivity index (χ2v) is 6.11. The van der Waals surface area contributed by atoms with E-state index in [1.54, 1.807) is 17.5 Å². The van der Waals surface area contributed by atoms with Gasteiger partial charge in [0.2, 0.25) is 5.28 Å². The van der Waals surface area contributed by atoms with Crippen LogP contribution in [0.2, 0.25) is 5.28 Å². The van der Waals surface area contributed by atoms with Crippen molar-refractivity contribution in [1.82, 2.24) is 9.97 Å². The third kappa shape index (κ3) is 2.80. The molecule has 0 atom stereocenters. The Balaban J connectivity index is 1.96. The van der Waals surface area contributed by atoms with E-state index in [1.165, 1.54) is 0 Å². The highest BCUT2D eigenvalue weighted by molar-refractivity contribution is 9.09. The Bertz CT molecular complexity index is 730.